The summed E-state index contributed by atoms with van der Waals surface area (Å²) in [6.45, 7) is 1.95. The van der Waals surface area contributed by atoms with Gasteiger partial charge in [-0.15, -0.1) is 0 Å². The highest BCUT2D eigenvalue weighted by molar-refractivity contribution is 5.84. The van der Waals surface area contributed by atoms with E-state index in [2.05, 4.69) is 4.98 Å². The highest BCUT2D eigenvalue weighted by Gasteiger charge is 2.13. The number of hydrogen-bond donors (Lipinski definition) is 0. The van der Waals surface area contributed by atoms with Gasteiger partial charge in [0.2, 0.25) is 0 Å². The van der Waals surface area contributed by atoms with Gasteiger partial charge in [-0.05, 0) is 12.5 Å². The minimum absolute atomic E-state index is 0.00608. The molecule has 0 bridgehead atoms. The lowest BCUT2D eigenvalue weighted by molar-refractivity contribution is 0.0425. The number of nitrogens with zero attached hydrogens (tertiary/aromatic N) is 1. The first-order valence-electron chi connectivity index (χ1n) is 4.89. The normalized spacial score (nSPS) is 10.1. The largest absolute Gasteiger partial charge is 0.454 e. The van der Waals surface area contributed by atoms with Gasteiger partial charge in [0.05, 0.1) is 6.20 Å². The van der Waals surface area contributed by atoms with Crippen LogP contribution in [0.1, 0.15) is 22.0 Å². The number of aryl methyl sites for hydroxylation is 1. The maximum atomic E-state index is 11.5. The summed E-state index contributed by atoms with van der Waals surface area (Å²) in [4.78, 5) is 15.2. The van der Waals surface area contributed by atoms with E-state index in [-0.39, 0.29) is 12.5 Å². The maximum absolute atomic E-state index is 11.5. The maximum Gasteiger partial charge on any atom is 0.394 e. The molecule has 1 aromatic heterocycles. The Hall–Kier alpha value is -2.10. The van der Waals surface area contributed by atoms with Crippen molar-refractivity contribution in [2.45, 2.75) is 13.5 Å². The van der Waals surface area contributed by atoms with Crippen molar-refractivity contribution in [3.05, 3.63) is 53.7 Å². The third-order valence-corrected chi connectivity index (χ3v) is 2.01. The summed E-state index contributed by atoms with van der Waals surface area (Å²) >= 11 is 0. The topological polar surface area (TPSA) is 52.3 Å². The molecule has 0 radical (unpaired) electrons. The van der Waals surface area contributed by atoms with E-state index < -0.39 is 5.97 Å². The van der Waals surface area contributed by atoms with E-state index in [1.165, 1.54) is 6.20 Å². The van der Waals surface area contributed by atoms with Gasteiger partial charge in [-0.2, -0.15) is 0 Å². The monoisotopic (exact) mass is 217 g/mol. The summed E-state index contributed by atoms with van der Waals surface area (Å²) in [6.07, 6.45) is 1.49. The summed E-state index contributed by atoms with van der Waals surface area (Å²) < 4.78 is 10.1. The molecule has 2 aromatic rings. The van der Waals surface area contributed by atoms with Crippen LogP contribution in [0, 0.1) is 6.92 Å². The van der Waals surface area contributed by atoms with Gasteiger partial charge >= 0.3 is 11.9 Å². The van der Waals surface area contributed by atoms with Gasteiger partial charge in [0.1, 0.15) is 12.4 Å². The van der Waals surface area contributed by atoms with E-state index in [1.54, 1.807) is 6.92 Å². The van der Waals surface area contributed by atoms with Crippen molar-refractivity contribution < 1.29 is 13.9 Å². The van der Waals surface area contributed by atoms with Crippen LogP contribution in [0.25, 0.3) is 0 Å². The molecule has 0 aliphatic carbocycles. The minimum atomic E-state index is -0.544. The first-order chi connectivity index (χ1) is 7.75. The lowest BCUT2D eigenvalue weighted by atomic mass is 10.2. The Balaban J connectivity index is 1.94. The van der Waals surface area contributed by atoms with Crippen molar-refractivity contribution in [2.75, 3.05) is 0 Å². The molecular formula is C12H11NO3. The van der Waals surface area contributed by atoms with Crippen molar-refractivity contribution in [3.8, 4) is 0 Å². The summed E-state index contributed by atoms with van der Waals surface area (Å²) in [5.41, 5.74) is 0.930. The summed E-state index contributed by atoms with van der Waals surface area (Å²) in [5.74, 6) is 0.0389. The van der Waals surface area contributed by atoms with Crippen LogP contribution >= 0.6 is 0 Å². The average molecular weight is 217 g/mol. The molecule has 0 aliphatic heterocycles. The third kappa shape index (κ3) is 2.48. The van der Waals surface area contributed by atoms with E-state index in [4.69, 9.17) is 9.15 Å². The number of carbonyl (C=O) groups is 1. The van der Waals surface area contributed by atoms with Crippen LogP contribution in [-0.2, 0) is 11.3 Å². The molecule has 0 aliphatic rings. The zero-order valence-corrected chi connectivity index (χ0v) is 8.84. The third-order valence-electron chi connectivity index (χ3n) is 2.01. The lowest BCUT2D eigenvalue weighted by Gasteiger charge is -2.01. The Morgan fingerprint density at radius 1 is 1.38 bits per heavy atom. The van der Waals surface area contributed by atoms with Gasteiger partial charge in [0.15, 0.2) is 0 Å². The zero-order chi connectivity index (χ0) is 11.4. The molecule has 2 rings (SSSR count). The Bertz CT molecular complexity index is 476. The second kappa shape index (κ2) is 4.61. The van der Waals surface area contributed by atoms with E-state index in [0.717, 1.165) is 5.56 Å². The molecule has 0 unspecified atom stereocenters. The fourth-order valence-electron chi connectivity index (χ4n) is 1.23. The number of ether oxygens (including phenoxy) is 1. The molecule has 0 saturated carbocycles. The van der Waals surface area contributed by atoms with Crippen molar-refractivity contribution in [1.29, 1.82) is 0 Å². The minimum Gasteiger partial charge on any atom is -0.454 e. The standard InChI is InChI=1S/C12H11NO3/c1-9-7-13-11(16-9)12(14)15-8-10-5-3-2-4-6-10/h2-7H,8H2,1H3. The van der Waals surface area contributed by atoms with E-state index >= 15 is 0 Å². The fourth-order valence-corrected chi connectivity index (χ4v) is 1.23. The predicted octanol–water partition coefficient (Wildman–Crippen LogP) is 2.34. The second-order valence-electron chi connectivity index (χ2n) is 3.34. The van der Waals surface area contributed by atoms with Crippen LogP contribution in [0.3, 0.4) is 0 Å². The van der Waals surface area contributed by atoms with Crippen LogP contribution < -0.4 is 0 Å². The van der Waals surface area contributed by atoms with Gasteiger partial charge in [0, 0.05) is 0 Å². The van der Waals surface area contributed by atoms with Crippen LogP contribution in [0.15, 0.2) is 40.9 Å². The van der Waals surface area contributed by atoms with Gasteiger partial charge in [-0.3, -0.25) is 0 Å². The first kappa shape index (κ1) is 10.4. The molecule has 0 fully saturated rings. The summed E-state index contributed by atoms with van der Waals surface area (Å²) in [5, 5.41) is 0. The zero-order valence-electron chi connectivity index (χ0n) is 8.84. The summed E-state index contributed by atoms with van der Waals surface area (Å²) in [7, 11) is 0. The summed E-state index contributed by atoms with van der Waals surface area (Å²) in [6, 6.07) is 9.45. The lowest BCUT2D eigenvalue weighted by Crippen LogP contribution is -2.05. The van der Waals surface area contributed by atoms with E-state index in [9.17, 15) is 4.79 Å². The fraction of sp³-hybridized carbons (Fsp3) is 0.167. The van der Waals surface area contributed by atoms with Gasteiger partial charge in [0.25, 0.3) is 0 Å². The number of esters is 1. The molecular weight excluding hydrogens is 206 g/mol. The molecule has 0 atom stereocenters. The number of rotatable bonds is 3. The van der Waals surface area contributed by atoms with Gasteiger partial charge < -0.3 is 9.15 Å². The molecule has 1 heterocycles. The Kier molecular flexibility index (Phi) is 3.00. The van der Waals surface area contributed by atoms with Gasteiger partial charge in [-0.1, -0.05) is 30.3 Å². The number of aromatic nitrogens is 1. The van der Waals surface area contributed by atoms with Crippen LogP contribution in [0.4, 0.5) is 0 Å². The van der Waals surface area contributed by atoms with E-state index in [0.29, 0.717) is 5.76 Å². The van der Waals surface area contributed by atoms with Crippen LogP contribution in [0.5, 0.6) is 0 Å². The predicted molar refractivity (Wildman–Crippen MR) is 56.8 cm³/mol. The van der Waals surface area contributed by atoms with Crippen molar-refractivity contribution >= 4 is 5.97 Å². The number of benzene rings is 1. The van der Waals surface area contributed by atoms with Crippen LogP contribution in [0.2, 0.25) is 0 Å². The van der Waals surface area contributed by atoms with Crippen LogP contribution in [-0.4, -0.2) is 11.0 Å². The number of carbonyl (C=O) groups excluding carboxylic acids is 1. The number of oxazole rings is 1. The molecule has 82 valence electrons. The average Bonchev–Trinajstić information content (AvgIpc) is 2.74. The Labute approximate surface area is 92.9 Å². The molecule has 16 heavy (non-hydrogen) atoms. The van der Waals surface area contributed by atoms with Gasteiger partial charge in [-0.25, -0.2) is 9.78 Å². The smallest absolute Gasteiger partial charge is 0.394 e. The molecule has 0 spiro atoms. The first-order valence-corrected chi connectivity index (χ1v) is 4.89. The SMILES string of the molecule is Cc1cnc(C(=O)OCc2ccccc2)o1. The Morgan fingerprint density at radius 2 is 2.12 bits per heavy atom. The highest BCUT2D eigenvalue weighted by Crippen LogP contribution is 2.06. The number of hydrogen-bond acceptors (Lipinski definition) is 4. The molecule has 0 amide bonds. The molecule has 4 nitrogen and oxygen atoms in total. The van der Waals surface area contributed by atoms with Crippen molar-refractivity contribution in [3.63, 3.8) is 0 Å². The molecule has 1 aromatic carbocycles. The molecule has 4 heteroatoms. The quantitative estimate of drug-likeness (QED) is 0.740. The van der Waals surface area contributed by atoms with Crippen molar-refractivity contribution in [1.82, 2.24) is 4.98 Å². The van der Waals surface area contributed by atoms with Crippen molar-refractivity contribution in [2.24, 2.45) is 0 Å². The van der Waals surface area contributed by atoms with E-state index in [1.807, 2.05) is 30.3 Å². The molecule has 0 saturated heterocycles. The highest BCUT2D eigenvalue weighted by atomic mass is 16.5. The Morgan fingerprint density at radius 3 is 2.75 bits per heavy atom. The molecule has 0 N–H and O–H groups in total. The second-order valence-corrected chi connectivity index (χ2v) is 3.34.